The van der Waals surface area contributed by atoms with Gasteiger partial charge in [-0.05, 0) is 50.4 Å². The van der Waals surface area contributed by atoms with E-state index in [-0.39, 0.29) is 0 Å². The minimum absolute atomic E-state index is 0.606. The minimum Gasteiger partial charge on any atom is -0.378 e. The smallest absolute Gasteiger partial charge is 0.0643 e. The van der Waals surface area contributed by atoms with Crippen molar-refractivity contribution in [2.24, 2.45) is 11.8 Å². The molecule has 2 atom stereocenters. The van der Waals surface area contributed by atoms with E-state index < -0.39 is 0 Å². The lowest BCUT2D eigenvalue weighted by atomic mass is 9.91. The quantitative estimate of drug-likeness (QED) is 0.740. The van der Waals surface area contributed by atoms with Crippen molar-refractivity contribution >= 4 is 0 Å². The van der Waals surface area contributed by atoms with Crippen molar-refractivity contribution in [2.45, 2.75) is 50.7 Å². The Morgan fingerprint density at radius 2 is 1.93 bits per heavy atom. The third-order valence-electron chi connectivity index (χ3n) is 3.83. The molecule has 0 aromatic heterocycles. The molecule has 2 nitrogen and oxygen atoms in total. The second kappa shape index (κ2) is 3.82. The molecule has 2 aliphatic carbocycles. The molecule has 2 unspecified atom stereocenters. The average Bonchev–Trinajstić information content (AvgIpc) is 3.07. The minimum atomic E-state index is 0.606. The van der Waals surface area contributed by atoms with Crippen molar-refractivity contribution in [1.29, 1.82) is 0 Å². The van der Waals surface area contributed by atoms with Gasteiger partial charge in [0.25, 0.3) is 0 Å². The molecule has 14 heavy (non-hydrogen) atoms. The monoisotopic (exact) mass is 195 g/mol. The molecule has 0 radical (unpaired) electrons. The predicted molar refractivity (Wildman–Crippen MR) is 56.2 cm³/mol. The molecule has 1 heterocycles. The summed E-state index contributed by atoms with van der Waals surface area (Å²) in [6.07, 6.45) is 8.93. The van der Waals surface area contributed by atoms with Gasteiger partial charge in [-0.15, -0.1) is 0 Å². The third-order valence-corrected chi connectivity index (χ3v) is 3.83. The van der Waals surface area contributed by atoms with E-state index in [0.717, 1.165) is 24.5 Å². The van der Waals surface area contributed by atoms with Gasteiger partial charge in [-0.3, -0.25) is 0 Å². The van der Waals surface area contributed by atoms with Crippen molar-refractivity contribution in [2.75, 3.05) is 13.2 Å². The summed E-state index contributed by atoms with van der Waals surface area (Å²) < 4.78 is 5.93. The molecular weight excluding hydrogens is 174 g/mol. The predicted octanol–water partition coefficient (Wildman–Crippen LogP) is 1.94. The van der Waals surface area contributed by atoms with Crippen LogP contribution in [0.2, 0.25) is 0 Å². The number of hydrogen-bond donors (Lipinski definition) is 1. The van der Waals surface area contributed by atoms with Crippen LogP contribution >= 0.6 is 0 Å². The molecule has 0 spiro atoms. The highest BCUT2D eigenvalue weighted by atomic mass is 16.5. The van der Waals surface area contributed by atoms with E-state index in [2.05, 4.69) is 5.32 Å². The first-order chi connectivity index (χ1) is 6.93. The van der Waals surface area contributed by atoms with Crippen LogP contribution in [0.3, 0.4) is 0 Å². The van der Waals surface area contributed by atoms with Gasteiger partial charge in [-0.25, -0.2) is 0 Å². The van der Waals surface area contributed by atoms with Gasteiger partial charge < -0.3 is 10.1 Å². The Labute approximate surface area is 86.4 Å². The topological polar surface area (TPSA) is 21.3 Å². The first-order valence-corrected chi connectivity index (χ1v) is 6.28. The zero-order valence-electron chi connectivity index (χ0n) is 8.87. The highest BCUT2D eigenvalue weighted by Crippen LogP contribution is 2.40. The Morgan fingerprint density at radius 3 is 2.64 bits per heavy atom. The molecule has 2 saturated carbocycles. The van der Waals surface area contributed by atoms with Gasteiger partial charge in [0.1, 0.15) is 0 Å². The van der Waals surface area contributed by atoms with Crippen LogP contribution in [0.4, 0.5) is 0 Å². The number of ether oxygens (including phenoxy) is 1. The first-order valence-electron chi connectivity index (χ1n) is 6.28. The highest BCUT2D eigenvalue weighted by molar-refractivity contribution is 4.91. The fourth-order valence-electron chi connectivity index (χ4n) is 2.63. The van der Waals surface area contributed by atoms with Crippen LogP contribution in [-0.4, -0.2) is 25.3 Å². The Balaban J connectivity index is 1.50. The molecule has 0 aromatic carbocycles. The van der Waals surface area contributed by atoms with Gasteiger partial charge in [0.15, 0.2) is 0 Å². The van der Waals surface area contributed by atoms with E-state index in [4.69, 9.17) is 4.74 Å². The Morgan fingerprint density at radius 1 is 1.07 bits per heavy atom. The van der Waals surface area contributed by atoms with E-state index in [9.17, 15) is 0 Å². The average molecular weight is 195 g/mol. The number of nitrogens with one attached hydrogen (secondary N) is 1. The van der Waals surface area contributed by atoms with Gasteiger partial charge in [0.2, 0.25) is 0 Å². The lowest BCUT2D eigenvalue weighted by molar-refractivity contribution is -0.0386. The van der Waals surface area contributed by atoms with Crippen molar-refractivity contribution < 1.29 is 4.74 Å². The second-order valence-electron chi connectivity index (χ2n) is 5.26. The van der Waals surface area contributed by atoms with Crippen molar-refractivity contribution in [1.82, 2.24) is 5.32 Å². The molecule has 0 amide bonds. The van der Waals surface area contributed by atoms with Crippen LogP contribution in [-0.2, 0) is 4.74 Å². The molecule has 3 aliphatic rings. The second-order valence-corrected chi connectivity index (χ2v) is 5.26. The molecule has 2 heteroatoms. The van der Waals surface area contributed by atoms with Crippen LogP contribution in [0.25, 0.3) is 0 Å². The van der Waals surface area contributed by atoms with E-state index in [1.807, 2.05) is 0 Å². The highest BCUT2D eigenvalue weighted by Gasteiger charge is 2.39. The Kier molecular flexibility index (Phi) is 2.50. The number of hydrogen-bond acceptors (Lipinski definition) is 2. The van der Waals surface area contributed by atoms with Gasteiger partial charge in [-0.1, -0.05) is 0 Å². The van der Waals surface area contributed by atoms with Crippen molar-refractivity contribution in [3.63, 3.8) is 0 Å². The fourth-order valence-corrected chi connectivity index (χ4v) is 2.63. The van der Waals surface area contributed by atoms with Crippen LogP contribution < -0.4 is 5.32 Å². The largest absolute Gasteiger partial charge is 0.378 e. The zero-order chi connectivity index (χ0) is 9.38. The SMILES string of the molecule is C1COC(C2CC2)C(CNC2CC2)C1. The number of rotatable bonds is 4. The normalized spacial score (nSPS) is 38.6. The van der Waals surface area contributed by atoms with Crippen LogP contribution in [0.15, 0.2) is 0 Å². The standard InChI is InChI=1S/C12H21NO/c1-2-10(8-13-11-5-6-11)12(14-7-1)9-3-4-9/h9-13H,1-8H2. The van der Waals surface area contributed by atoms with E-state index in [1.54, 1.807) is 0 Å². The maximum atomic E-state index is 5.93. The molecule has 3 rings (SSSR count). The lowest BCUT2D eigenvalue weighted by Crippen LogP contribution is -2.38. The summed E-state index contributed by atoms with van der Waals surface area (Å²) in [4.78, 5) is 0. The summed E-state index contributed by atoms with van der Waals surface area (Å²) in [5.41, 5.74) is 0. The lowest BCUT2D eigenvalue weighted by Gasteiger charge is -2.32. The summed E-state index contributed by atoms with van der Waals surface area (Å²) in [5.74, 6) is 1.73. The van der Waals surface area contributed by atoms with E-state index >= 15 is 0 Å². The Bertz CT molecular complexity index is 198. The molecular formula is C12H21NO. The zero-order valence-corrected chi connectivity index (χ0v) is 8.87. The van der Waals surface area contributed by atoms with Gasteiger partial charge in [0.05, 0.1) is 6.10 Å². The van der Waals surface area contributed by atoms with Crippen LogP contribution in [0, 0.1) is 11.8 Å². The molecule has 80 valence electrons. The molecule has 0 aromatic rings. The first kappa shape index (κ1) is 9.17. The van der Waals surface area contributed by atoms with Crippen LogP contribution in [0.1, 0.15) is 38.5 Å². The van der Waals surface area contributed by atoms with E-state index in [0.29, 0.717) is 6.10 Å². The summed E-state index contributed by atoms with van der Waals surface area (Å²) in [6, 6.07) is 0.858. The fraction of sp³-hybridized carbons (Fsp3) is 1.00. The molecule has 1 aliphatic heterocycles. The molecule has 0 bridgehead atoms. The van der Waals surface area contributed by atoms with Crippen molar-refractivity contribution in [3.05, 3.63) is 0 Å². The van der Waals surface area contributed by atoms with Crippen molar-refractivity contribution in [3.8, 4) is 0 Å². The Hall–Kier alpha value is -0.0800. The van der Waals surface area contributed by atoms with Crippen LogP contribution in [0.5, 0.6) is 0 Å². The van der Waals surface area contributed by atoms with Gasteiger partial charge in [-0.2, -0.15) is 0 Å². The third kappa shape index (κ3) is 2.12. The molecule has 1 N–H and O–H groups in total. The summed E-state index contributed by atoms with van der Waals surface area (Å²) in [6.45, 7) is 2.23. The molecule has 3 fully saturated rings. The summed E-state index contributed by atoms with van der Waals surface area (Å²) in [5, 5.41) is 3.66. The summed E-state index contributed by atoms with van der Waals surface area (Å²) >= 11 is 0. The summed E-state index contributed by atoms with van der Waals surface area (Å²) in [7, 11) is 0. The van der Waals surface area contributed by atoms with Gasteiger partial charge >= 0.3 is 0 Å². The van der Waals surface area contributed by atoms with Gasteiger partial charge in [0, 0.05) is 19.2 Å². The van der Waals surface area contributed by atoms with E-state index in [1.165, 1.54) is 45.1 Å². The maximum absolute atomic E-state index is 5.93. The molecule has 1 saturated heterocycles. The maximum Gasteiger partial charge on any atom is 0.0643 e.